The molecule has 0 unspecified atom stereocenters. The van der Waals surface area contributed by atoms with Gasteiger partial charge in [0.25, 0.3) is 0 Å². The molecule has 0 saturated carbocycles. The number of anilines is 1. The van der Waals surface area contributed by atoms with E-state index in [-0.39, 0.29) is 11.6 Å². The molecule has 0 bridgehead atoms. The second-order valence-electron chi connectivity index (χ2n) is 10.3. The van der Waals surface area contributed by atoms with Crippen LogP contribution < -0.4 is 10.5 Å². The van der Waals surface area contributed by atoms with Crippen LogP contribution in [0, 0.1) is 5.92 Å². The fourth-order valence-electron chi connectivity index (χ4n) is 5.25. The molecule has 5 N–H and O–H groups in total. The highest BCUT2D eigenvalue weighted by Gasteiger charge is 2.44. The molecule has 4 heterocycles. The Hall–Kier alpha value is -3.53. The third-order valence-corrected chi connectivity index (χ3v) is 7.54. The van der Waals surface area contributed by atoms with E-state index in [0.29, 0.717) is 42.4 Å². The number of carbonyl (C=O) groups is 1. The van der Waals surface area contributed by atoms with Crippen molar-refractivity contribution in [2.24, 2.45) is 5.92 Å². The standard InChI is InChI=1S/C26H31F3N6O6/c27-26(28,29)15-4-2-5-16(11-15)40-25(39)34-9-7-14(8-10-34)3-1-6-18-32-22(30)19-23(33-18)35(13-31-19)24-21(38)20(37)17(12-36)41-24/h2,4-5,11,13-14,17,20-21,24,36-38H,1,3,6-10,12H2,(H2,30,32,33)/t17-,20-,21-,24-/m1/s1. The second-order valence-corrected chi connectivity index (χ2v) is 10.3. The van der Waals surface area contributed by atoms with Gasteiger partial charge in [0.1, 0.15) is 35.4 Å². The summed E-state index contributed by atoms with van der Waals surface area (Å²) in [6.07, 6.45) is -4.78. The van der Waals surface area contributed by atoms with E-state index in [1.807, 2.05) is 0 Å². The van der Waals surface area contributed by atoms with Gasteiger partial charge in [-0.2, -0.15) is 13.2 Å². The minimum atomic E-state index is -4.52. The van der Waals surface area contributed by atoms with Crippen LogP contribution >= 0.6 is 0 Å². The molecule has 2 aromatic heterocycles. The molecule has 1 amide bonds. The Balaban J connectivity index is 1.13. The number of amides is 1. The molecule has 2 fully saturated rings. The number of nitrogens with two attached hydrogens (primary N) is 1. The first-order chi connectivity index (χ1) is 19.5. The van der Waals surface area contributed by atoms with Crippen molar-refractivity contribution in [3.63, 3.8) is 0 Å². The first-order valence-corrected chi connectivity index (χ1v) is 13.3. The Kier molecular flexibility index (Phi) is 8.31. The molecular formula is C26H31F3N6O6. The number of aliphatic hydroxyl groups excluding tert-OH is 3. The Morgan fingerprint density at radius 3 is 2.61 bits per heavy atom. The SMILES string of the molecule is Nc1nc(CCCC2CCN(C(=O)Oc3cccc(C(F)(F)F)c3)CC2)nc2c1ncn2[C@@H]1O[C@H](CO)[C@@H](O)[C@H]1O. The number of nitrogen functional groups attached to an aromatic ring is 1. The van der Waals surface area contributed by atoms with Gasteiger partial charge in [-0.1, -0.05) is 6.07 Å². The summed E-state index contributed by atoms with van der Waals surface area (Å²) in [5.41, 5.74) is 5.89. The van der Waals surface area contributed by atoms with Crippen molar-refractivity contribution in [1.29, 1.82) is 0 Å². The summed E-state index contributed by atoms with van der Waals surface area (Å²) in [7, 11) is 0. The lowest BCUT2D eigenvalue weighted by atomic mass is 9.91. The van der Waals surface area contributed by atoms with E-state index in [4.69, 9.17) is 15.2 Å². The predicted molar refractivity (Wildman–Crippen MR) is 137 cm³/mol. The quantitative estimate of drug-likeness (QED) is 0.325. The zero-order valence-corrected chi connectivity index (χ0v) is 21.9. The van der Waals surface area contributed by atoms with Crippen molar-refractivity contribution in [2.75, 3.05) is 25.4 Å². The first-order valence-electron chi connectivity index (χ1n) is 13.3. The second kappa shape index (κ2) is 11.8. The van der Waals surface area contributed by atoms with E-state index in [0.717, 1.165) is 37.8 Å². The highest BCUT2D eigenvalue weighted by molar-refractivity contribution is 5.81. The van der Waals surface area contributed by atoms with Crippen molar-refractivity contribution >= 4 is 23.1 Å². The monoisotopic (exact) mass is 580 g/mol. The van der Waals surface area contributed by atoms with Crippen LogP contribution in [0.1, 0.15) is 43.3 Å². The normalized spacial score (nSPS) is 23.8. The van der Waals surface area contributed by atoms with Gasteiger partial charge in [-0.05, 0) is 49.8 Å². The van der Waals surface area contributed by atoms with Crippen LogP contribution in [0.15, 0.2) is 30.6 Å². The Labute approximate surface area is 232 Å². The minimum Gasteiger partial charge on any atom is -0.410 e. The number of ether oxygens (including phenoxy) is 2. The number of aryl methyl sites for hydroxylation is 1. The molecule has 2 aliphatic heterocycles. The smallest absolute Gasteiger partial charge is 0.410 e. The van der Waals surface area contributed by atoms with E-state index < -0.39 is 49.0 Å². The van der Waals surface area contributed by atoms with Crippen molar-refractivity contribution < 1.29 is 42.8 Å². The molecule has 222 valence electrons. The molecule has 15 heteroatoms. The van der Waals surface area contributed by atoms with Gasteiger partial charge < -0.3 is 35.4 Å². The average Bonchev–Trinajstić information content (AvgIpc) is 3.49. The molecule has 0 spiro atoms. The van der Waals surface area contributed by atoms with Gasteiger partial charge in [-0.25, -0.2) is 19.7 Å². The van der Waals surface area contributed by atoms with Gasteiger partial charge in [0, 0.05) is 19.5 Å². The van der Waals surface area contributed by atoms with E-state index in [1.165, 1.54) is 27.9 Å². The van der Waals surface area contributed by atoms with Crippen LogP contribution in [0.4, 0.5) is 23.8 Å². The Bertz CT molecular complexity index is 1380. The van der Waals surface area contributed by atoms with Gasteiger partial charge in [-0.3, -0.25) is 4.57 Å². The van der Waals surface area contributed by atoms with Gasteiger partial charge in [-0.15, -0.1) is 0 Å². The van der Waals surface area contributed by atoms with Gasteiger partial charge in [0.05, 0.1) is 18.5 Å². The molecule has 0 radical (unpaired) electrons. The number of rotatable bonds is 7. The summed E-state index contributed by atoms with van der Waals surface area (Å²) < 4.78 is 51.0. The van der Waals surface area contributed by atoms with E-state index in [1.54, 1.807) is 0 Å². The van der Waals surface area contributed by atoms with Crippen LogP contribution in [-0.4, -0.2) is 83.8 Å². The molecule has 12 nitrogen and oxygen atoms in total. The Morgan fingerprint density at radius 2 is 1.93 bits per heavy atom. The third kappa shape index (κ3) is 6.22. The van der Waals surface area contributed by atoms with Crippen LogP contribution in [-0.2, 0) is 17.3 Å². The molecule has 3 aromatic rings. The van der Waals surface area contributed by atoms with E-state index in [9.17, 15) is 33.3 Å². The molecule has 5 rings (SSSR count). The molecule has 2 aliphatic rings. The molecule has 4 atom stereocenters. The summed E-state index contributed by atoms with van der Waals surface area (Å²) in [4.78, 5) is 27.1. The molecule has 1 aromatic carbocycles. The number of fused-ring (bicyclic) bond motifs is 1. The van der Waals surface area contributed by atoms with Crippen LogP contribution in [0.2, 0.25) is 0 Å². The van der Waals surface area contributed by atoms with Crippen molar-refractivity contribution in [2.45, 2.75) is 62.8 Å². The highest BCUT2D eigenvalue weighted by atomic mass is 19.4. The Morgan fingerprint density at radius 1 is 1.17 bits per heavy atom. The number of halogens is 3. The van der Waals surface area contributed by atoms with Crippen molar-refractivity contribution in [1.82, 2.24) is 24.4 Å². The fraction of sp³-hybridized carbons (Fsp3) is 0.538. The van der Waals surface area contributed by atoms with Crippen molar-refractivity contribution in [3.05, 3.63) is 42.0 Å². The number of piperidine rings is 1. The number of alkyl halides is 3. The number of benzene rings is 1. The number of aliphatic hydroxyl groups is 3. The first kappa shape index (κ1) is 29.0. The van der Waals surface area contributed by atoms with Gasteiger partial charge >= 0.3 is 12.3 Å². The predicted octanol–water partition coefficient (Wildman–Crippen LogP) is 2.27. The number of carbonyl (C=O) groups excluding carboxylic acids is 1. The minimum absolute atomic E-state index is 0.150. The number of hydrogen-bond donors (Lipinski definition) is 4. The molecule has 2 saturated heterocycles. The summed E-state index contributed by atoms with van der Waals surface area (Å²) in [5.74, 6) is 0.828. The van der Waals surface area contributed by atoms with Gasteiger partial charge in [0.2, 0.25) is 0 Å². The third-order valence-electron chi connectivity index (χ3n) is 7.54. The fourth-order valence-corrected chi connectivity index (χ4v) is 5.25. The summed E-state index contributed by atoms with van der Waals surface area (Å²) in [6, 6.07) is 4.24. The molecule has 0 aliphatic carbocycles. The summed E-state index contributed by atoms with van der Waals surface area (Å²) in [6.45, 7) is 0.405. The van der Waals surface area contributed by atoms with Crippen LogP contribution in [0.5, 0.6) is 5.75 Å². The zero-order chi connectivity index (χ0) is 29.3. The van der Waals surface area contributed by atoms with E-state index >= 15 is 0 Å². The largest absolute Gasteiger partial charge is 0.416 e. The number of hydrogen-bond acceptors (Lipinski definition) is 10. The number of likely N-dealkylation sites (tertiary alicyclic amines) is 1. The molecule has 41 heavy (non-hydrogen) atoms. The lowest BCUT2D eigenvalue weighted by Crippen LogP contribution is -2.40. The number of nitrogens with zero attached hydrogens (tertiary/aromatic N) is 5. The average molecular weight is 581 g/mol. The van der Waals surface area contributed by atoms with Crippen molar-refractivity contribution in [3.8, 4) is 5.75 Å². The lowest BCUT2D eigenvalue weighted by molar-refractivity contribution is -0.137. The maximum Gasteiger partial charge on any atom is 0.416 e. The number of imidazole rings is 1. The zero-order valence-electron chi connectivity index (χ0n) is 21.9. The van der Waals surface area contributed by atoms with Crippen LogP contribution in [0.25, 0.3) is 11.2 Å². The maximum atomic E-state index is 12.9. The van der Waals surface area contributed by atoms with Gasteiger partial charge in [0.15, 0.2) is 17.7 Å². The maximum absolute atomic E-state index is 12.9. The highest BCUT2D eigenvalue weighted by Crippen LogP contribution is 2.33. The topological polar surface area (TPSA) is 169 Å². The number of aromatic nitrogens is 4. The van der Waals surface area contributed by atoms with E-state index in [2.05, 4.69) is 15.0 Å². The van der Waals surface area contributed by atoms with Crippen LogP contribution in [0.3, 0.4) is 0 Å². The summed E-state index contributed by atoms with van der Waals surface area (Å²) in [5, 5.41) is 29.9. The molecular weight excluding hydrogens is 549 g/mol. The summed E-state index contributed by atoms with van der Waals surface area (Å²) >= 11 is 0. The lowest BCUT2D eigenvalue weighted by Gasteiger charge is -2.31.